The molecular formula is C17H15NO5. The maximum Gasteiger partial charge on any atom is 0.357 e. The summed E-state index contributed by atoms with van der Waals surface area (Å²) in [6, 6.07) is 8.93. The molecule has 6 heteroatoms. The summed E-state index contributed by atoms with van der Waals surface area (Å²) in [5.74, 6) is -1.30. The molecule has 0 amide bonds. The number of ether oxygens (including phenoxy) is 2. The molecule has 0 N–H and O–H groups in total. The minimum absolute atomic E-state index is 0.0735. The van der Waals surface area contributed by atoms with Gasteiger partial charge in [-0.1, -0.05) is 18.2 Å². The van der Waals surface area contributed by atoms with Gasteiger partial charge in [0, 0.05) is 10.8 Å². The molecule has 0 spiro atoms. The van der Waals surface area contributed by atoms with E-state index in [1.807, 2.05) is 18.2 Å². The summed E-state index contributed by atoms with van der Waals surface area (Å²) < 4.78 is 15.6. The molecule has 0 saturated carbocycles. The predicted molar refractivity (Wildman–Crippen MR) is 83.4 cm³/mol. The lowest BCUT2D eigenvalue weighted by atomic mass is 10.1. The normalized spacial score (nSPS) is 10.9. The fourth-order valence-electron chi connectivity index (χ4n) is 2.37. The van der Waals surface area contributed by atoms with Crippen LogP contribution < -0.4 is 0 Å². The Balaban J connectivity index is 2.26. The third kappa shape index (κ3) is 2.63. The lowest BCUT2D eigenvalue weighted by Crippen LogP contribution is -2.16. The van der Waals surface area contributed by atoms with Crippen LogP contribution >= 0.6 is 0 Å². The second-order valence-corrected chi connectivity index (χ2v) is 4.78. The minimum atomic E-state index is -0.682. The van der Waals surface area contributed by atoms with E-state index in [4.69, 9.17) is 13.9 Å². The molecule has 0 unspecified atom stereocenters. The standard InChI is InChI=1S/C17H15NO5/c1-3-21-16(19)12-9-11-10-7-5-6-8-13(10)23-15(11)18-14(12)17(20)22-4-2/h5-9H,3-4H2,1-2H3. The highest BCUT2D eigenvalue weighted by Gasteiger charge is 2.24. The summed E-state index contributed by atoms with van der Waals surface area (Å²) >= 11 is 0. The van der Waals surface area contributed by atoms with Gasteiger partial charge < -0.3 is 13.9 Å². The van der Waals surface area contributed by atoms with Crippen molar-refractivity contribution in [2.24, 2.45) is 0 Å². The second kappa shape index (κ2) is 6.08. The summed E-state index contributed by atoms with van der Waals surface area (Å²) in [7, 11) is 0. The SMILES string of the molecule is CCOC(=O)c1cc2c(nc1C(=O)OCC)oc1ccccc12. The predicted octanol–water partition coefficient (Wildman–Crippen LogP) is 3.33. The zero-order chi connectivity index (χ0) is 16.4. The molecule has 0 fully saturated rings. The van der Waals surface area contributed by atoms with Crippen LogP contribution in [-0.2, 0) is 9.47 Å². The average molecular weight is 313 g/mol. The van der Waals surface area contributed by atoms with Gasteiger partial charge in [0.1, 0.15) is 5.58 Å². The number of carbonyl (C=O) groups excluding carboxylic acids is 2. The van der Waals surface area contributed by atoms with Crippen LogP contribution in [0, 0.1) is 0 Å². The maximum atomic E-state index is 12.2. The first kappa shape index (κ1) is 15.0. The number of pyridine rings is 1. The van der Waals surface area contributed by atoms with Crippen molar-refractivity contribution in [2.45, 2.75) is 13.8 Å². The molecule has 3 aromatic rings. The van der Waals surface area contributed by atoms with Crippen LogP contribution in [0.3, 0.4) is 0 Å². The molecule has 2 heterocycles. The first-order valence-electron chi connectivity index (χ1n) is 7.32. The van der Waals surface area contributed by atoms with Crippen LogP contribution in [0.4, 0.5) is 0 Å². The second-order valence-electron chi connectivity index (χ2n) is 4.78. The molecule has 0 aliphatic rings. The molecule has 0 bridgehead atoms. The van der Waals surface area contributed by atoms with Crippen molar-refractivity contribution in [2.75, 3.05) is 13.2 Å². The Morgan fingerprint density at radius 2 is 1.74 bits per heavy atom. The monoisotopic (exact) mass is 313 g/mol. The fraction of sp³-hybridized carbons (Fsp3) is 0.235. The smallest absolute Gasteiger partial charge is 0.357 e. The topological polar surface area (TPSA) is 78.6 Å². The Labute approximate surface area is 132 Å². The van der Waals surface area contributed by atoms with E-state index >= 15 is 0 Å². The molecule has 0 aliphatic heterocycles. The Morgan fingerprint density at radius 1 is 1.04 bits per heavy atom. The van der Waals surface area contributed by atoms with Crippen LogP contribution in [0.25, 0.3) is 22.1 Å². The number of fused-ring (bicyclic) bond motifs is 3. The van der Waals surface area contributed by atoms with Gasteiger partial charge in [0.2, 0.25) is 5.71 Å². The van der Waals surface area contributed by atoms with Crippen molar-refractivity contribution in [3.63, 3.8) is 0 Å². The number of benzene rings is 1. The van der Waals surface area contributed by atoms with E-state index in [0.717, 1.165) is 5.39 Å². The van der Waals surface area contributed by atoms with E-state index < -0.39 is 11.9 Å². The van der Waals surface area contributed by atoms with Crippen LogP contribution in [0.5, 0.6) is 0 Å². The first-order chi connectivity index (χ1) is 11.2. The lowest BCUT2D eigenvalue weighted by molar-refractivity contribution is 0.0473. The van der Waals surface area contributed by atoms with Crippen molar-refractivity contribution in [1.29, 1.82) is 0 Å². The molecule has 0 radical (unpaired) electrons. The molecule has 0 aliphatic carbocycles. The van der Waals surface area contributed by atoms with Crippen molar-refractivity contribution in [1.82, 2.24) is 4.98 Å². The maximum absolute atomic E-state index is 12.2. The van der Waals surface area contributed by atoms with Crippen LogP contribution in [0.2, 0.25) is 0 Å². The third-order valence-electron chi connectivity index (χ3n) is 3.34. The molecule has 1 aromatic carbocycles. The van der Waals surface area contributed by atoms with Gasteiger partial charge in [-0.2, -0.15) is 0 Å². The molecule has 2 aromatic heterocycles. The van der Waals surface area contributed by atoms with E-state index in [1.54, 1.807) is 26.0 Å². The zero-order valence-electron chi connectivity index (χ0n) is 12.8. The van der Waals surface area contributed by atoms with E-state index in [-0.39, 0.29) is 30.2 Å². The fourth-order valence-corrected chi connectivity index (χ4v) is 2.37. The summed E-state index contributed by atoms with van der Waals surface area (Å²) in [6.45, 7) is 3.76. The largest absolute Gasteiger partial charge is 0.462 e. The van der Waals surface area contributed by atoms with Crippen LogP contribution in [0.1, 0.15) is 34.7 Å². The van der Waals surface area contributed by atoms with Gasteiger partial charge in [-0.05, 0) is 26.0 Å². The number of hydrogen-bond donors (Lipinski definition) is 0. The van der Waals surface area contributed by atoms with Crippen LogP contribution in [-0.4, -0.2) is 30.1 Å². The van der Waals surface area contributed by atoms with Gasteiger partial charge in [0.05, 0.1) is 18.8 Å². The highest BCUT2D eigenvalue weighted by molar-refractivity contribution is 6.10. The molecule has 118 valence electrons. The zero-order valence-corrected chi connectivity index (χ0v) is 12.8. The summed E-state index contributed by atoms with van der Waals surface area (Å²) in [6.07, 6.45) is 0. The number of furan rings is 1. The van der Waals surface area contributed by atoms with E-state index in [0.29, 0.717) is 11.0 Å². The van der Waals surface area contributed by atoms with E-state index in [2.05, 4.69) is 4.98 Å². The van der Waals surface area contributed by atoms with Crippen molar-refractivity contribution in [3.05, 3.63) is 41.6 Å². The van der Waals surface area contributed by atoms with Crippen molar-refractivity contribution < 1.29 is 23.5 Å². The lowest BCUT2D eigenvalue weighted by Gasteiger charge is -2.07. The third-order valence-corrected chi connectivity index (χ3v) is 3.34. The highest BCUT2D eigenvalue weighted by atomic mass is 16.5. The van der Waals surface area contributed by atoms with Crippen molar-refractivity contribution >= 4 is 34.0 Å². The quantitative estimate of drug-likeness (QED) is 0.687. The number of esters is 2. The number of rotatable bonds is 4. The summed E-state index contributed by atoms with van der Waals surface area (Å²) in [4.78, 5) is 28.5. The number of para-hydroxylation sites is 1. The van der Waals surface area contributed by atoms with Crippen LogP contribution in [0.15, 0.2) is 34.7 Å². The van der Waals surface area contributed by atoms with Gasteiger partial charge >= 0.3 is 11.9 Å². The number of nitrogens with zero attached hydrogens (tertiary/aromatic N) is 1. The summed E-state index contributed by atoms with van der Waals surface area (Å²) in [5, 5.41) is 1.47. The molecule has 3 rings (SSSR count). The average Bonchev–Trinajstić information content (AvgIpc) is 2.91. The number of carbonyl (C=O) groups is 2. The Hall–Kier alpha value is -2.89. The number of aromatic nitrogens is 1. The highest BCUT2D eigenvalue weighted by Crippen LogP contribution is 2.29. The molecule has 6 nitrogen and oxygen atoms in total. The van der Waals surface area contributed by atoms with Crippen molar-refractivity contribution in [3.8, 4) is 0 Å². The molecule has 0 atom stereocenters. The van der Waals surface area contributed by atoms with E-state index in [1.165, 1.54) is 0 Å². The minimum Gasteiger partial charge on any atom is -0.462 e. The van der Waals surface area contributed by atoms with Gasteiger partial charge in [0.25, 0.3) is 0 Å². The first-order valence-corrected chi connectivity index (χ1v) is 7.32. The molecule has 23 heavy (non-hydrogen) atoms. The van der Waals surface area contributed by atoms with Gasteiger partial charge in [-0.25, -0.2) is 14.6 Å². The Morgan fingerprint density at radius 3 is 2.48 bits per heavy atom. The number of hydrogen-bond acceptors (Lipinski definition) is 6. The summed E-state index contributed by atoms with van der Waals surface area (Å²) in [5.41, 5.74) is 0.884. The van der Waals surface area contributed by atoms with Gasteiger partial charge in [0.15, 0.2) is 5.69 Å². The Bertz CT molecular complexity index is 897. The molecular weight excluding hydrogens is 298 g/mol. The molecule has 0 saturated heterocycles. The van der Waals surface area contributed by atoms with Gasteiger partial charge in [-0.15, -0.1) is 0 Å². The Kier molecular flexibility index (Phi) is 3.97. The van der Waals surface area contributed by atoms with E-state index in [9.17, 15) is 9.59 Å². The van der Waals surface area contributed by atoms with Gasteiger partial charge in [-0.3, -0.25) is 0 Å².